The molecule has 0 amide bonds. The standard InChI is InChI=1S/C34H66O5/c1-4-6-7-8-9-10-11-12-13-14-15-16-17-21-24-27-33(36)38-29-32(35)30-39-34(37)28-25-22-19-18-20-23-26-31(3)5-2/h31-32,35H,4-30H2,1-3H3/t31?,32-/m1/s1. The molecule has 0 aromatic rings. The summed E-state index contributed by atoms with van der Waals surface area (Å²) in [6.45, 7) is 6.61. The van der Waals surface area contributed by atoms with Crippen molar-refractivity contribution in [3.8, 4) is 0 Å². The molecule has 0 aliphatic heterocycles. The molecular formula is C34H66O5. The van der Waals surface area contributed by atoms with E-state index in [2.05, 4.69) is 20.8 Å². The molecule has 0 saturated carbocycles. The highest BCUT2D eigenvalue weighted by Gasteiger charge is 2.12. The topological polar surface area (TPSA) is 72.8 Å². The fourth-order valence-electron chi connectivity index (χ4n) is 4.88. The van der Waals surface area contributed by atoms with Gasteiger partial charge in [0.25, 0.3) is 0 Å². The van der Waals surface area contributed by atoms with E-state index in [4.69, 9.17) is 9.47 Å². The fourth-order valence-corrected chi connectivity index (χ4v) is 4.88. The molecule has 39 heavy (non-hydrogen) atoms. The van der Waals surface area contributed by atoms with Crippen molar-refractivity contribution in [2.75, 3.05) is 13.2 Å². The van der Waals surface area contributed by atoms with Crippen LogP contribution in [0.25, 0.3) is 0 Å². The summed E-state index contributed by atoms with van der Waals surface area (Å²) >= 11 is 0. The predicted molar refractivity (Wildman–Crippen MR) is 164 cm³/mol. The molecule has 0 fully saturated rings. The zero-order chi connectivity index (χ0) is 28.8. The predicted octanol–water partition coefficient (Wildman–Crippen LogP) is 9.86. The first-order valence-electron chi connectivity index (χ1n) is 17.0. The van der Waals surface area contributed by atoms with E-state index in [9.17, 15) is 14.7 Å². The van der Waals surface area contributed by atoms with Gasteiger partial charge in [0.15, 0.2) is 0 Å². The van der Waals surface area contributed by atoms with Crippen LogP contribution in [0.2, 0.25) is 0 Å². The molecular weight excluding hydrogens is 488 g/mol. The average molecular weight is 555 g/mol. The third-order valence-electron chi connectivity index (χ3n) is 7.88. The van der Waals surface area contributed by atoms with Gasteiger partial charge in [-0.2, -0.15) is 0 Å². The Bertz CT molecular complexity index is 536. The highest BCUT2D eigenvalue weighted by molar-refractivity contribution is 5.69. The van der Waals surface area contributed by atoms with E-state index >= 15 is 0 Å². The van der Waals surface area contributed by atoms with Crippen LogP contribution in [-0.4, -0.2) is 36.4 Å². The lowest BCUT2D eigenvalue weighted by molar-refractivity contribution is -0.152. The minimum absolute atomic E-state index is 0.110. The van der Waals surface area contributed by atoms with Crippen LogP contribution in [0.4, 0.5) is 0 Å². The van der Waals surface area contributed by atoms with Crippen LogP contribution in [0.15, 0.2) is 0 Å². The van der Waals surface area contributed by atoms with Crippen molar-refractivity contribution in [3.63, 3.8) is 0 Å². The number of hydrogen-bond acceptors (Lipinski definition) is 5. The Kier molecular flexibility index (Phi) is 29.0. The maximum atomic E-state index is 11.9. The van der Waals surface area contributed by atoms with Crippen LogP contribution in [0.5, 0.6) is 0 Å². The molecule has 5 heteroatoms. The molecule has 0 bridgehead atoms. The number of aliphatic hydroxyl groups is 1. The van der Waals surface area contributed by atoms with E-state index < -0.39 is 6.10 Å². The van der Waals surface area contributed by atoms with Crippen molar-refractivity contribution in [2.45, 2.75) is 187 Å². The third kappa shape index (κ3) is 29.7. The quantitative estimate of drug-likeness (QED) is 0.0706. The van der Waals surface area contributed by atoms with Gasteiger partial charge in [-0.1, -0.05) is 156 Å². The molecule has 0 aliphatic rings. The van der Waals surface area contributed by atoms with Crippen LogP contribution in [0.1, 0.15) is 181 Å². The summed E-state index contributed by atoms with van der Waals surface area (Å²) in [7, 11) is 0. The number of carbonyl (C=O) groups excluding carboxylic acids is 2. The smallest absolute Gasteiger partial charge is 0.305 e. The summed E-state index contributed by atoms with van der Waals surface area (Å²) < 4.78 is 10.3. The molecule has 0 heterocycles. The first-order chi connectivity index (χ1) is 19.0. The molecule has 0 saturated heterocycles. The summed E-state index contributed by atoms with van der Waals surface area (Å²) in [4.78, 5) is 23.8. The molecule has 0 rings (SSSR count). The van der Waals surface area contributed by atoms with Crippen LogP contribution in [0, 0.1) is 5.92 Å². The van der Waals surface area contributed by atoms with Crippen molar-refractivity contribution >= 4 is 11.9 Å². The molecule has 0 spiro atoms. The Balaban J connectivity index is 3.41. The second-order valence-corrected chi connectivity index (χ2v) is 11.9. The Labute approximate surface area is 242 Å². The Morgan fingerprint density at radius 3 is 1.23 bits per heavy atom. The Morgan fingerprint density at radius 1 is 0.538 bits per heavy atom. The molecule has 0 aromatic carbocycles. The number of unbranched alkanes of at least 4 members (excludes halogenated alkanes) is 19. The van der Waals surface area contributed by atoms with Gasteiger partial charge in [-0.25, -0.2) is 0 Å². The summed E-state index contributed by atoms with van der Waals surface area (Å²) in [5.41, 5.74) is 0. The first kappa shape index (κ1) is 37.9. The average Bonchev–Trinajstić information content (AvgIpc) is 2.94. The van der Waals surface area contributed by atoms with E-state index in [1.54, 1.807) is 0 Å². The van der Waals surface area contributed by atoms with Gasteiger partial charge in [-0.05, 0) is 18.8 Å². The summed E-state index contributed by atoms with van der Waals surface area (Å²) in [6.07, 6.45) is 28.7. The molecule has 1 unspecified atom stereocenters. The molecule has 0 aliphatic carbocycles. The minimum Gasteiger partial charge on any atom is -0.463 e. The van der Waals surface area contributed by atoms with E-state index in [1.807, 2.05) is 0 Å². The Morgan fingerprint density at radius 2 is 0.872 bits per heavy atom. The molecule has 1 N–H and O–H groups in total. The highest BCUT2D eigenvalue weighted by atomic mass is 16.6. The maximum absolute atomic E-state index is 11.9. The van der Waals surface area contributed by atoms with Gasteiger partial charge in [0.05, 0.1) is 0 Å². The van der Waals surface area contributed by atoms with Crippen molar-refractivity contribution in [2.24, 2.45) is 5.92 Å². The van der Waals surface area contributed by atoms with Crippen molar-refractivity contribution in [1.29, 1.82) is 0 Å². The lowest BCUT2D eigenvalue weighted by Crippen LogP contribution is -2.25. The fraction of sp³-hybridized carbons (Fsp3) is 0.941. The molecule has 2 atom stereocenters. The third-order valence-corrected chi connectivity index (χ3v) is 7.88. The Hall–Kier alpha value is -1.10. The van der Waals surface area contributed by atoms with Gasteiger partial charge >= 0.3 is 11.9 Å². The molecule has 0 aromatic heterocycles. The minimum atomic E-state index is -0.954. The van der Waals surface area contributed by atoms with Crippen molar-refractivity contribution in [1.82, 2.24) is 0 Å². The summed E-state index contributed by atoms with van der Waals surface area (Å²) in [5, 5.41) is 9.95. The van der Waals surface area contributed by atoms with Crippen LogP contribution >= 0.6 is 0 Å². The second-order valence-electron chi connectivity index (χ2n) is 11.9. The lowest BCUT2D eigenvalue weighted by atomic mass is 10.00. The number of hydrogen-bond donors (Lipinski definition) is 1. The van der Waals surface area contributed by atoms with Crippen molar-refractivity contribution in [3.05, 3.63) is 0 Å². The summed E-state index contributed by atoms with van der Waals surface area (Å²) in [6, 6.07) is 0. The van der Waals surface area contributed by atoms with Crippen LogP contribution in [0.3, 0.4) is 0 Å². The van der Waals surface area contributed by atoms with Gasteiger partial charge in [-0.3, -0.25) is 9.59 Å². The monoisotopic (exact) mass is 554 g/mol. The van der Waals surface area contributed by atoms with Crippen LogP contribution < -0.4 is 0 Å². The molecule has 232 valence electrons. The second kappa shape index (κ2) is 29.9. The van der Waals surface area contributed by atoms with E-state index in [0.29, 0.717) is 12.8 Å². The first-order valence-corrected chi connectivity index (χ1v) is 17.0. The van der Waals surface area contributed by atoms with Gasteiger partial charge < -0.3 is 14.6 Å². The van der Waals surface area contributed by atoms with Gasteiger partial charge in [0.1, 0.15) is 19.3 Å². The number of esters is 2. The molecule has 0 radical (unpaired) electrons. The van der Waals surface area contributed by atoms with E-state index in [0.717, 1.165) is 38.0 Å². The van der Waals surface area contributed by atoms with E-state index in [1.165, 1.54) is 116 Å². The maximum Gasteiger partial charge on any atom is 0.305 e. The zero-order valence-electron chi connectivity index (χ0n) is 26.3. The summed E-state index contributed by atoms with van der Waals surface area (Å²) in [5.74, 6) is 0.270. The highest BCUT2D eigenvalue weighted by Crippen LogP contribution is 2.15. The van der Waals surface area contributed by atoms with E-state index in [-0.39, 0.29) is 25.2 Å². The van der Waals surface area contributed by atoms with Crippen LogP contribution in [-0.2, 0) is 19.1 Å². The van der Waals surface area contributed by atoms with Gasteiger partial charge in [0.2, 0.25) is 0 Å². The van der Waals surface area contributed by atoms with Gasteiger partial charge in [0, 0.05) is 12.8 Å². The van der Waals surface area contributed by atoms with Gasteiger partial charge in [-0.15, -0.1) is 0 Å². The zero-order valence-corrected chi connectivity index (χ0v) is 26.3. The lowest BCUT2D eigenvalue weighted by Gasteiger charge is -2.12. The normalized spacial score (nSPS) is 12.8. The number of carbonyl (C=O) groups is 2. The number of aliphatic hydroxyl groups excluding tert-OH is 1. The number of rotatable bonds is 30. The largest absolute Gasteiger partial charge is 0.463 e. The van der Waals surface area contributed by atoms with Crippen molar-refractivity contribution < 1.29 is 24.2 Å². The SMILES string of the molecule is CCCCCCCCCCCCCCCCCC(=O)OC[C@@H](O)COC(=O)CCCCCCCCC(C)CC. The number of ether oxygens (including phenoxy) is 2. The molecule has 5 nitrogen and oxygen atoms in total.